The summed E-state index contributed by atoms with van der Waals surface area (Å²) in [5.74, 6) is 0.828. The first-order valence-corrected chi connectivity index (χ1v) is 3.71. The minimum Gasteiger partial charge on any atom is -0.497 e. The molecule has 1 aromatic carbocycles. The van der Waals surface area contributed by atoms with E-state index in [0.29, 0.717) is 0 Å². The average Bonchev–Trinajstić information content (AvgIpc) is 2.47. The highest BCUT2D eigenvalue weighted by Gasteiger charge is 2.03. The number of benzene rings is 1. The Morgan fingerprint density at radius 2 is 2.25 bits per heavy atom. The summed E-state index contributed by atoms with van der Waals surface area (Å²) in [6, 6.07) is 5.63. The third-order valence-corrected chi connectivity index (χ3v) is 1.86. The van der Waals surface area contributed by atoms with Crippen molar-refractivity contribution in [3.63, 3.8) is 0 Å². The van der Waals surface area contributed by atoms with Gasteiger partial charge in [-0.3, -0.25) is 0 Å². The van der Waals surface area contributed by atoms with Crippen LogP contribution in [0.5, 0.6) is 5.75 Å². The van der Waals surface area contributed by atoms with Crippen molar-refractivity contribution in [1.82, 2.24) is 5.16 Å². The summed E-state index contributed by atoms with van der Waals surface area (Å²) in [6.07, 6.45) is 0. The SMILES string of the molecule is COc1ccc2onc(C)c2c1. The highest BCUT2D eigenvalue weighted by Crippen LogP contribution is 2.22. The predicted octanol–water partition coefficient (Wildman–Crippen LogP) is 2.14. The van der Waals surface area contributed by atoms with Crippen molar-refractivity contribution in [3.8, 4) is 5.75 Å². The number of nitrogens with zero attached hydrogens (tertiary/aromatic N) is 1. The van der Waals surface area contributed by atoms with Crippen LogP contribution in [-0.4, -0.2) is 12.3 Å². The van der Waals surface area contributed by atoms with Crippen molar-refractivity contribution in [2.45, 2.75) is 6.92 Å². The van der Waals surface area contributed by atoms with Crippen LogP contribution < -0.4 is 4.74 Å². The van der Waals surface area contributed by atoms with E-state index in [-0.39, 0.29) is 0 Å². The van der Waals surface area contributed by atoms with Gasteiger partial charge in [0.15, 0.2) is 5.58 Å². The molecule has 3 nitrogen and oxygen atoms in total. The lowest BCUT2D eigenvalue weighted by atomic mass is 10.2. The van der Waals surface area contributed by atoms with Crippen LogP contribution in [0.2, 0.25) is 0 Å². The van der Waals surface area contributed by atoms with Gasteiger partial charge in [-0.05, 0) is 25.1 Å². The summed E-state index contributed by atoms with van der Waals surface area (Å²) in [7, 11) is 1.64. The molecule has 0 aliphatic heterocycles. The van der Waals surface area contributed by atoms with Gasteiger partial charge in [-0.2, -0.15) is 0 Å². The Bertz CT molecular complexity index is 406. The number of hydrogen-bond donors (Lipinski definition) is 0. The van der Waals surface area contributed by atoms with Crippen LogP contribution in [0.1, 0.15) is 5.69 Å². The number of ether oxygens (including phenoxy) is 1. The first-order valence-electron chi connectivity index (χ1n) is 3.71. The van der Waals surface area contributed by atoms with E-state index in [1.807, 2.05) is 25.1 Å². The number of fused-ring (bicyclic) bond motifs is 1. The second kappa shape index (κ2) is 2.52. The molecule has 62 valence electrons. The minimum absolute atomic E-state index is 0.799. The topological polar surface area (TPSA) is 35.3 Å². The summed E-state index contributed by atoms with van der Waals surface area (Å²) >= 11 is 0. The van der Waals surface area contributed by atoms with Crippen molar-refractivity contribution in [2.24, 2.45) is 0 Å². The fourth-order valence-corrected chi connectivity index (χ4v) is 1.17. The number of aryl methyl sites for hydroxylation is 1. The molecule has 0 saturated carbocycles. The van der Waals surface area contributed by atoms with Gasteiger partial charge in [-0.15, -0.1) is 0 Å². The summed E-state index contributed by atoms with van der Waals surface area (Å²) in [5, 5.41) is 4.85. The molecular formula is C9H9NO2. The van der Waals surface area contributed by atoms with E-state index < -0.39 is 0 Å². The smallest absolute Gasteiger partial charge is 0.167 e. The summed E-state index contributed by atoms with van der Waals surface area (Å²) < 4.78 is 10.1. The lowest BCUT2D eigenvalue weighted by Gasteiger charge is -1.96. The van der Waals surface area contributed by atoms with Gasteiger partial charge in [0.25, 0.3) is 0 Å². The number of aromatic nitrogens is 1. The van der Waals surface area contributed by atoms with Gasteiger partial charge < -0.3 is 9.26 Å². The Morgan fingerprint density at radius 1 is 1.42 bits per heavy atom. The molecule has 0 bridgehead atoms. The van der Waals surface area contributed by atoms with Gasteiger partial charge in [0.05, 0.1) is 12.8 Å². The predicted molar refractivity (Wildman–Crippen MR) is 45.3 cm³/mol. The second-order valence-corrected chi connectivity index (χ2v) is 2.63. The first kappa shape index (κ1) is 7.16. The highest BCUT2D eigenvalue weighted by molar-refractivity contribution is 5.80. The van der Waals surface area contributed by atoms with Crippen LogP contribution in [0.3, 0.4) is 0 Å². The third kappa shape index (κ3) is 0.942. The molecule has 2 rings (SSSR count). The van der Waals surface area contributed by atoms with E-state index in [2.05, 4.69) is 5.16 Å². The molecule has 0 N–H and O–H groups in total. The van der Waals surface area contributed by atoms with Crippen LogP contribution >= 0.6 is 0 Å². The van der Waals surface area contributed by atoms with Crippen LogP contribution in [0.15, 0.2) is 22.7 Å². The Morgan fingerprint density at radius 3 is 3.00 bits per heavy atom. The maximum absolute atomic E-state index is 5.08. The van der Waals surface area contributed by atoms with E-state index in [1.54, 1.807) is 7.11 Å². The third-order valence-electron chi connectivity index (χ3n) is 1.86. The molecular weight excluding hydrogens is 154 g/mol. The van der Waals surface area contributed by atoms with Crippen LogP contribution in [0.25, 0.3) is 11.0 Å². The van der Waals surface area contributed by atoms with Gasteiger partial charge in [0.1, 0.15) is 5.75 Å². The van der Waals surface area contributed by atoms with E-state index in [9.17, 15) is 0 Å². The summed E-state index contributed by atoms with van der Waals surface area (Å²) in [6.45, 7) is 1.91. The van der Waals surface area contributed by atoms with Crippen molar-refractivity contribution < 1.29 is 9.26 Å². The minimum atomic E-state index is 0.799. The lowest BCUT2D eigenvalue weighted by Crippen LogP contribution is -1.81. The molecule has 0 fully saturated rings. The summed E-state index contributed by atoms with van der Waals surface area (Å²) in [4.78, 5) is 0. The zero-order valence-corrected chi connectivity index (χ0v) is 7.00. The molecule has 1 heterocycles. The van der Waals surface area contributed by atoms with Crippen molar-refractivity contribution in [3.05, 3.63) is 23.9 Å². The fraction of sp³-hybridized carbons (Fsp3) is 0.222. The molecule has 0 saturated heterocycles. The molecule has 0 spiro atoms. The standard InChI is InChI=1S/C9H9NO2/c1-6-8-5-7(11-2)3-4-9(8)12-10-6/h3-5H,1-2H3. The van der Waals surface area contributed by atoms with Gasteiger partial charge >= 0.3 is 0 Å². The Hall–Kier alpha value is -1.51. The maximum Gasteiger partial charge on any atom is 0.167 e. The fourth-order valence-electron chi connectivity index (χ4n) is 1.17. The first-order chi connectivity index (χ1) is 5.81. The Kier molecular flexibility index (Phi) is 1.50. The second-order valence-electron chi connectivity index (χ2n) is 2.63. The van der Waals surface area contributed by atoms with E-state index in [4.69, 9.17) is 9.26 Å². The Balaban J connectivity index is 2.71. The van der Waals surface area contributed by atoms with E-state index in [1.165, 1.54) is 0 Å². The maximum atomic E-state index is 5.08. The molecule has 0 aliphatic carbocycles. The largest absolute Gasteiger partial charge is 0.497 e. The van der Waals surface area contributed by atoms with E-state index >= 15 is 0 Å². The molecule has 12 heavy (non-hydrogen) atoms. The van der Waals surface area contributed by atoms with E-state index in [0.717, 1.165) is 22.4 Å². The molecule has 3 heteroatoms. The normalized spacial score (nSPS) is 10.5. The van der Waals surface area contributed by atoms with Crippen LogP contribution in [-0.2, 0) is 0 Å². The number of methoxy groups -OCH3 is 1. The molecule has 2 aromatic rings. The number of hydrogen-bond acceptors (Lipinski definition) is 3. The number of rotatable bonds is 1. The Labute approximate surface area is 69.9 Å². The summed E-state index contributed by atoms with van der Waals surface area (Å²) in [5.41, 5.74) is 1.69. The lowest BCUT2D eigenvalue weighted by molar-refractivity contribution is 0.415. The van der Waals surface area contributed by atoms with Gasteiger partial charge in [0, 0.05) is 5.39 Å². The zero-order valence-electron chi connectivity index (χ0n) is 7.00. The van der Waals surface area contributed by atoms with Gasteiger partial charge in [-0.1, -0.05) is 5.16 Å². The quantitative estimate of drug-likeness (QED) is 0.646. The van der Waals surface area contributed by atoms with Crippen molar-refractivity contribution in [2.75, 3.05) is 7.11 Å². The zero-order chi connectivity index (χ0) is 8.55. The monoisotopic (exact) mass is 163 g/mol. The van der Waals surface area contributed by atoms with Crippen LogP contribution in [0.4, 0.5) is 0 Å². The molecule has 1 aromatic heterocycles. The molecule has 0 radical (unpaired) electrons. The average molecular weight is 163 g/mol. The molecule has 0 atom stereocenters. The van der Waals surface area contributed by atoms with Gasteiger partial charge in [-0.25, -0.2) is 0 Å². The molecule has 0 aliphatic rings. The van der Waals surface area contributed by atoms with Gasteiger partial charge in [0.2, 0.25) is 0 Å². The van der Waals surface area contributed by atoms with Crippen molar-refractivity contribution in [1.29, 1.82) is 0 Å². The highest BCUT2D eigenvalue weighted by atomic mass is 16.5. The van der Waals surface area contributed by atoms with Crippen molar-refractivity contribution >= 4 is 11.0 Å². The molecule has 0 unspecified atom stereocenters. The molecule has 0 amide bonds. The van der Waals surface area contributed by atoms with Crippen LogP contribution in [0, 0.1) is 6.92 Å².